The third-order valence-corrected chi connectivity index (χ3v) is 4.21. The number of aromatic nitrogens is 3. The molecule has 0 fully saturated rings. The summed E-state index contributed by atoms with van der Waals surface area (Å²) in [5, 5.41) is 8.81. The van der Waals surface area contributed by atoms with E-state index >= 15 is 0 Å². The minimum atomic E-state index is 0.174. The molecule has 98 valence electrons. The maximum absolute atomic E-state index is 6.02. The summed E-state index contributed by atoms with van der Waals surface area (Å²) in [5.41, 5.74) is 8.66. The van der Waals surface area contributed by atoms with Crippen LogP contribution >= 0.6 is 11.3 Å². The van der Waals surface area contributed by atoms with Crippen molar-refractivity contribution in [2.45, 2.75) is 33.7 Å². The third kappa shape index (κ3) is 2.20. The molecule has 0 bridgehead atoms. The van der Waals surface area contributed by atoms with E-state index in [1.807, 2.05) is 27.8 Å². The Kier molecular flexibility index (Phi) is 3.30. The van der Waals surface area contributed by atoms with Gasteiger partial charge < -0.3 is 11.1 Å². The van der Waals surface area contributed by atoms with E-state index in [-0.39, 0.29) is 6.04 Å². The lowest BCUT2D eigenvalue weighted by Crippen LogP contribution is -2.11. The van der Waals surface area contributed by atoms with E-state index in [4.69, 9.17) is 5.73 Å². The van der Waals surface area contributed by atoms with Gasteiger partial charge in [0.05, 0.1) is 28.1 Å². The second-order valence-corrected chi connectivity index (χ2v) is 5.75. The fourth-order valence-corrected chi connectivity index (χ4v) is 3.00. The van der Waals surface area contributed by atoms with Gasteiger partial charge in [0.1, 0.15) is 5.82 Å². The van der Waals surface area contributed by atoms with Gasteiger partial charge in [-0.05, 0) is 27.7 Å². The van der Waals surface area contributed by atoms with E-state index in [2.05, 4.69) is 22.3 Å². The standard InChI is InChI=1S/C12H19N5S/c1-6-10(13)12(17(5)16-6)15-8(3)11-7(2)14-9(4)18-11/h8,15H,13H2,1-5H3. The minimum absolute atomic E-state index is 0.174. The molecule has 1 unspecified atom stereocenters. The largest absolute Gasteiger partial charge is 0.394 e. The molecule has 2 aromatic heterocycles. The molecule has 0 spiro atoms. The van der Waals surface area contributed by atoms with Crippen molar-refractivity contribution < 1.29 is 0 Å². The third-order valence-electron chi connectivity index (χ3n) is 2.95. The normalized spacial score (nSPS) is 12.7. The second-order valence-electron chi connectivity index (χ2n) is 4.52. The number of aryl methyl sites for hydroxylation is 4. The van der Waals surface area contributed by atoms with Crippen molar-refractivity contribution in [3.63, 3.8) is 0 Å². The van der Waals surface area contributed by atoms with Crippen LogP contribution in [0.5, 0.6) is 0 Å². The lowest BCUT2D eigenvalue weighted by molar-refractivity contribution is 0.744. The maximum atomic E-state index is 6.02. The second kappa shape index (κ2) is 4.61. The van der Waals surface area contributed by atoms with Crippen LogP contribution in [0, 0.1) is 20.8 Å². The molecule has 3 N–H and O–H groups in total. The number of hydrogen-bond donors (Lipinski definition) is 2. The summed E-state index contributed by atoms with van der Waals surface area (Å²) in [5.74, 6) is 0.866. The van der Waals surface area contributed by atoms with Crippen LogP contribution in [0.3, 0.4) is 0 Å². The van der Waals surface area contributed by atoms with Crippen molar-refractivity contribution in [3.05, 3.63) is 21.3 Å². The number of rotatable bonds is 3. The summed E-state index contributed by atoms with van der Waals surface area (Å²) >= 11 is 1.72. The zero-order valence-corrected chi connectivity index (χ0v) is 12.2. The molecule has 0 saturated carbocycles. The molecule has 6 heteroatoms. The Hall–Kier alpha value is -1.56. The zero-order chi connectivity index (χ0) is 13.4. The zero-order valence-electron chi connectivity index (χ0n) is 11.4. The number of thiazole rings is 1. The number of nitrogens with one attached hydrogen (secondary N) is 1. The summed E-state index contributed by atoms with van der Waals surface area (Å²) in [7, 11) is 1.89. The lowest BCUT2D eigenvalue weighted by atomic mass is 10.2. The molecule has 0 aliphatic heterocycles. The highest BCUT2D eigenvalue weighted by Crippen LogP contribution is 2.30. The van der Waals surface area contributed by atoms with Crippen LogP contribution in [0.25, 0.3) is 0 Å². The van der Waals surface area contributed by atoms with Gasteiger partial charge in [-0.3, -0.25) is 4.68 Å². The molecule has 2 heterocycles. The Morgan fingerprint density at radius 3 is 2.39 bits per heavy atom. The molecule has 2 rings (SSSR count). The van der Waals surface area contributed by atoms with Crippen molar-refractivity contribution in [2.24, 2.45) is 7.05 Å². The molecule has 0 aromatic carbocycles. The van der Waals surface area contributed by atoms with Gasteiger partial charge in [-0.1, -0.05) is 0 Å². The van der Waals surface area contributed by atoms with E-state index in [1.54, 1.807) is 16.0 Å². The van der Waals surface area contributed by atoms with Gasteiger partial charge in [0.15, 0.2) is 0 Å². The molecule has 1 atom stereocenters. The summed E-state index contributed by atoms with van der Waals surface area (Å²) in [4.78, 5) is 5.69. The Morgan fingerprint density at radius 1 is 1.28 bits per heavy atom. The van der Waals surface area contributed by atoms with E-state index in [0.717, 1.165) is 22.2 Å². The van der Waals surface area contributed by atoms with E-state index in [9.17, 15) is 0 Å². The SMILES string of the molecule is Cc1nc(C)c(C(C)Nc2c(N)c(C)nn2C)s1. The first-order chi connectivity index (χ1) is 8.40. The number of nitrogens with zero attached hydrogens (tertiary/aromatic N) is 3. The van der Waals surface area contributed by atoms with Crippen LogP contribution in [0.2, 0.25) is 0 Å². The fourth-order valence-electron chi connectivity index (χ4n) is 2.07. The molecule has 18 heavy (non-hydrogen) atoms. The molecule has 0 aliphatic carbocycles. The van der Waals surface area contributed by atoms with Gasteiger partial charge in [-0.15, -0.1) is 11.3 Å². The predicted molar refractivity (Wildman–Crippen MR) is 76.0 cm³/mol. The maximum Gasteiger partial charge on any atom is 0.148 e. The van der Waals surface area contributed by atoms with Crippen LogP contribution in [-0.4, -0.2) is 14.8 Å². The fraction of sp³-hybridized carbons (Fsp3) is 0.500. The summed E-state index contributed by atoms with van der Waals surface area (Å²) in [6.07, 6.45) is 0. The van der Waals surface area contributed by atoms with Crippen molar-refractivity contribution >= 4 is 22.8 Å². The van der Waals surface area contributed by atoms with Crippen LogP contribution in [0.15, 0.2) is 0 Å². The van der Waals surface area contributed by atoms with Gasteiger partial charge >= 0.3 is 0 Å². The van der Waals surface area contributed by atoms with Crippen molar-refractivity contribution in [2.75, 3.05) is 11.1 Å². The Bertz CT molecular complexity index is 569. The predicted octanol–water partition coefficient (Wildman–Crippen LogP) is 2.56. The summed E-state index contributed by atoms with van der Waals surface area (Å²) in [6.45, 7) is 8.08. The highest BCUT2D eigenvalue weighted by molar-refractivity contribution is 7.11. The van der Waals surface area contributed by atoms with Crippen molar-refractivity contribution in [3.8, 4) is 0 Å². The molecular weight excluding hydrogens is 246 g/mol. The smallest absolute Gasteiger partial charge is 0.148 e. The lowest BCUT2D eigenvalue weighted by Gasteiger charge is -2.15. The van der Waals surface area contributed by atoms with Crippen LogP contribution in [-0.2, 0) is 7.05 Å². The van der Waals surface area contributed by atoms with Crippen molar-refractivity contribution in [1.29, 1.82) is 0 Å². The highest BCUT2D eigenvalue weighted by atomic mass is 32.1. The van der Waals surface area contributed by atoms with Gasteiger partial charge in [-0.2, -0.15) is 5.10 Å². The van der Waals surface area contributed by atoms with Crippen LogP contribution < -0.4 is 11.1 Å². The van der Waals surface area contributed by atoms with Gasteiger partial charge in [-0.25, -0.2) is 4.98 Å². The highest BCUT2D eigenvalue weighted by Gasteiger charge is 2.17. The number of hydrogen-bond acceptors (Lipinski definition) is 5. The quantitative estimate of drug-likeness (QED) is 0.895. The first-order valence-electron chi connectivity index (χ1n) is 5.89. The molecule has 0 radical (unpaired) electrons. The Balaban J connectivity index is 2.26. The topological polar surface area (TPSA) is 68.8 Å². The van der Waals surface area contributed by atoms with Gasteiger partial charge in [0.2, 0.25) is 0 Å². The molecule has 0 aliphatic rings. The monoisotopic (exact) mass is 265 g/mol. The molecule has 0 saturated heterocycles. The summed E-state index contributed by atoms with van der Waals surface area (Å²) in [6, 6.07) is 0.174. The Morgan fingerprint density at radius 2 is 1.94 bits per heavy atom. The first kappa shape index (κ1) is 12.9. The summed E-state index contributed by atoms with van der Waals surface area (Å²) < 4.78 is 1.78. The van der Waals surface area contributed by atoms with E-state index in [0.29, 0.717) is 5.69 Å². The van der Waals surface area contributed by atoms with Crippen LogP contribution in [0.1, 0.15) is 34.2 Å². The minimum Gasteiger partial charge on any atom is -0.394 e. The Labute approximate surface area is 111 Å². The number of nitrogens with two attached hydrogens (primary N) is 1. The average molecular weight is 265 g/mol. The van der Waals surface area contributed by atoms with E-state index < -0.39 is 0 Å². The average Bonchev–Trinajstić information content (AvgIpc) is 2.73. The van der Waals surface area contributed by atoms with Gasteiger partial charge in [0.25, 0.3) is 0 Å². The number of anilines is 2. The van der Waals surface area contributed by atoms with Crippen molar-refractivity contribution in [1.82, 2.24) is 14.8 Å². The molecule has 2 aromatic rings. The molecular formula is C12H19N5S. The van der Waals surface area contributed by atoms with E-state index in [1.165, 1.54) is 4.88 Å². The van der Waals surface area contributed by atoms with Crippen LogP contribution in [0.4, 0.5) is 11.5 Å². The first-order valence-corrected chi connectivity index (χ1v) is 6.71. The molecule has 0 amide bonds. The van der Waals surface area contributed by atoms with Gasteiger partial charge in [0, 0.05) is 11.9 Å². The molecule has 5 nitrogen and oxygen atoms in total. The number of nitrogen functional groups attached to an aromatic ring is 1.